The highest BCUT2D eigenvalue weighted by molar-refractivity contribution is 9.09. The number of alkyl halides is 13. The van der Waals surface area contributed by atoms with Gasteiger partial charge in [0.1, 0.15) is 51.5 Å². The van der Waals surface area contributed by atoms with Gasteiger partial charge in [0.25, 0.3) is 0 Å². The summed E-state index contributed by atoms with van der Waals surface area (Å²) in [6.07, 6.45) is 6.88. The van der Waals surface area contributed by atoms with Crippen molar-refractivity contribution < 1.29 is 91.4 Å². The van der Waals surface area contributed by atoms with Gasteiger partial charge in [-0.2, -0.15) is 52.7 Å². The number of aliphatic hydroxyl groups is 1. The third kappa shape index (κ3) is 22.5. The fourth-order valence-corrected chi connectivity index (χ4v) is 19.4. The first-order valence-electron chi connectivity index (χ1n) is 42.8. The second kappa shape index (κ2) is 39.9. The van der Waals surface area contributed by atoms with Crippen LogP contribution in [-0.4, -0.2) is 63.9 Å². The molecular formula is C95H114BrF12NO8. The number of ether oxygens (including phenoxy) is 4. The number of hydrogen-bond acceptors (Lipinski definition) is 8. The van der Waals surface area contributed by atoms with E-state index in [2.05, 4.69) is 55.4 Å². The van der Waals surface area contributed by atoms with Crippen molar-refractivity contribution in [2.75, 3.05) is 0 Å². The Bertz CT molecular complexity index is 4460. The van der Waals surface area contributed by atoms with Gasteiger partial charge in [-0.15, -0.1) is 0 Å². The molecule has 9 nitrogen and oxygen atoms in total. The predicted molar refractivity (Wildman–Crippen MR) is 442 cm³/mol. The van der Waals surface area contributed by atoms with Crippen molar-refractivity contribution in [2.45, 2.75) is 306 Å². The van der Waals surface area contributed by atoms with E-state index in [1.54, 1.807) is 54.6 Å². The Morgan fingerprint density at radius 2 is 0.718 bits per heavy atom. The van der Waals surface area contributed by atoms with Gasteiger partial charge in [0.15, 0.2) is 0 Å². The molecule has 6 fully saturated rings. The van der Waals surface area contributed by atoms with Crippen LogP contribution in [0.4, 0.5) is 52.7 Å². The molecule has 2 heterocycles. The van der Waals surface area contributed by atoms with E-state index in [9.17, 15) is 72.5 Å². The van der Waals surface area contributed by atoms with Crippen molar-refractivity contribution in [1.29, 1.82) is 0 Å². The number of carbonyl (C=O) groups excluding carboxylic acids is 1. The lowest BCUT2D eigenvalue weighted by Crippen LogP contribution is -2.54. The molecule has 0 radical (unpaired) electrons. The van der Waals surface area contributed by atoms with E-state index in [-0.39, 0.29) is 97.8 Å². The lowest BCUT2D eigenvalue weighted by molar-refractivity contribution is -0.147. The van der Waals surface area contributed by atoms with E-state index in [1.165, 1.54) is 48.5 Å². The molecule has 2 saturated heterocycles. The van der Waals surface area contributed by atoms with Crippen LogP contribution in [0.15, 0.2) is 121 Å². The van der Waals surface area contributed by atoms with E-state index in [0.717, 1.165) is 172 Å². The number of hydrogen-bond donors (Lipinski definition) is 2. The fourth-order valence-electron chi connectivity index (χ4n) is 19.1. The second-order valence-electron chi connectivity index (χ2n) is 33.4. The minimum atomic E-state index is -4.52. The van der Waals surface area contributed by atoms with E-state index in [0.29, 0.717) is 81.9 Å². The summed E-state index contributed by atoms with van der Waals surface area (Å²) in [4.78, 5) is 25.2. The monoisotopic (exact) mass is 1700 g/mol. The molecule has 0 amide bonds. The summed E-state index contributed by atoms with van der Waals surface area (Å²) in [7, 11) is 0. The number of fused-ring (bicyclic) bond motifs is 6. The molecule has 14 rings (SSSR count). The Labute approximate surface area is 688 Å². The summed E-state index contributed by atoms with van der Waals surface area (Å²) in [5, 5.41) is 22.2. The quantitative estimate of drug-likeness (QED) is 0.0412. The number of rotatable bonds is 21. The first-order chi connectivity index (χ1) is 55.8. The SMILES string of the molecule is CCC1CCC(Oc2ccc3cc(C(Br)CC)ccc3c2C(F)(F)F)CC1.CCC1CCC(Oc2ccc3cc(C(CC)N4C5CCCC4CC(C(=O)O)C5)ccc3c2C(F)(F)F)CC1.CCC1CCC(Oc2ccc3cc(C(O)CC)ccc3c2C(F)(F)F)CC1.CCC1CCC(Oc2ccc3cc(C=O)ccc3c2C(F)(F)F)CC1. The molecule has 22 heteroatoms. The number of carboxylic acids is 1. The maximum atomic E-state index is 14.4. The normalized spacial score (nSPS) is 24.2. The molecule has 117 heavy (non-hydrogen) atoms. The van der Waals surface area contributed by atoms with E-state index < -0.39 is 59.0 Å². The van der Waals surface area contributed by atoms with Crippen LogP contribution in [-0.2, 0) is 29.5 Å². The van der Waals surface area contributed by atoms with Crippen LogP contribution < -0.4 is 18.9 Å². The van der Waals surface area contributed by atoms with E-state index in [4.69, 9.17) is 18.9 Å². The number of halogens is 13. The number of piperidine rings is 2. The van der Waals surface area contributed by atoms with Gasteiger partial charge in [0.05, 0.1) is 36.4 Å². The van der Waals surface area contributed by atoms with Crippen LogP contribution >= 0.6 is 15.9 Å². The topological polar surface area (TPSA) is 115 Å². The number of nitrogens with zero attached hydrogens (tertiary/aromatic N) is 1. The summed E-state index contributed by atoms with van der Waals surface area (Å²) in [6.45, 7) is 14.6. The van der Waals surface area contributed by atoms with Gasteiger partial charge in [-0.05, 0) is 274 Å². The number of aliphatic hydroxyl groups excluding tert-OH is 1. The zero-order chi connectivity index (χ0) is 84.3. The van der Waals surface area contributed by atoms with Gasteiger partial charge >= 0.3 is 30.7 Å². The Morgan fingerprint density at radius 3 is 1.02 bits per heavy atom. The number of carboxylic acid groups (broad SMARTS) is 1. The molecule has 4 aliphatic carbocycles. The Hall–Kier alpha value is -7.30. The van der Waals surface area contributed by atoms with Crippen LogP contribution in [0.2, 0.25) is 0 Å². The van der Waals surface area contributed by atoms with Crippen molar-refractivity contribution in [3.8, 4) is 23.0 Å². The third-order valence-corrected chi connectivity index (χ3v) is 27.1. The van der Waals surface area contributed by atoms with Crippen LogP contribution in [0.3, 0.4) is 0 Å². The summed E-state index contributed by atoms with van der Waals surface area (Å²) >= 11 is 3.57. The van der Waals surface area contributed by atoms with Gasteiger partial charge in [-0.3, -0.25) is 14.5 Å². The molecule has 0 aromatic heterocycles. The maximum absolute atomic E-state index is 14.4. The predicted octanol–water partition coefficient (Wildman–Crippen LogP) is 29.1. The lowest BCUT2D eigenvalue weighted by atomic mass is 9.76. The standard InChI is InChI=1S/C31H40F3NO3.C22H26BrF3O.C22H27F3O2.C20H21F3O2/c1-3-19-8-12-25(13-9-19)38-28-15-11-20-16-21(10-14-26(20)29(28)31(32,33)34)27(4-2)35-23-6-5-7-24(35)18-22(17-23)30(36)37;1-3-14-5-9-17(10-6-14)27-20-12-8-15-13-16(19(23)4-2)7-11-18(15)21(20)22(24,25)26;1-3-14-5-9-17(10-6-14)27-20-12-8-15-13-16(19(26)4-2)7-11-18(15)21(20)22(23,24)25;1-2-13-3-7-16(8-4-13)25-18-10-6-15-11-14(12-24)5-9-17(15)19(18)20(21,22)23/h10-11,14-16,19,22-25,27H,3-9,12-13,17-18H2,1-2H3,(H,36,37);7-8,11-14,17,19H,3-6,9-10H2,1-2H3;7-8,11-14,17,19,26H,3-6,9-10H2,1-2H3;5-6,9-13,16H,2-4,7-8H2,1H3. The van der Waals surface area contributed by atoms with Crippen molar-refractivity contribution in [2.24, 2.45) is 29.6 Å². The molecule has 4 saturated carbocycles. The Balaban J connectivity index is 0.000000156. The molecule has 5 atom stereocenters. The molecule has 0 spiro atoms. The molecule has 638 valence electrons. The van der Waals surface area contributed by atoms with Gasteiger partial charge in [0, 0.05) is 28.5 Å². The zero-order valence-corrected chi connectivity index (χ0v) is 69.8. The van der Waals surface area contributed by atoms with Crippen molar-refractivity contribution in [3.63, 3.8) is 0 Å². The summed E-state index contributed by atoms with van der Waals surface area (Å²) < 4.78 is 191. The largest absolute Gasteiger partial charge is 0.490 e. The molecular weight excluding hydrogens is 1590 g/mol. The summed E-state index contributed by atoms with van der Waals surface area (Å²) in [6, 6.07) is 32.5. The van der Waals surface area contributed by atoms with Crippen molar-refractivity contribution >= 4 is 71.3 Å². The number of benzene rings is 8. The third-order valence-electron chi connectivity index (χ3n) is 26.0. The van der Waals surface area contributed by atoms with Crippen LogP contribution in [0.5, 0.6) is 23.0 Å². The van der Waals surface area contributed by atoms with Crippen LogP contribution in [0, 0.1) is 29.6 Å². The zero-order valence-electron chi connectivity index (χ0n) is 68.2. The van der Waals surface area contributed by atoms with E-state index >= 15 is 0 Å². The summed E-state index contributed by atoms with van der Waals surface area (Å²) in [5.74, 6) is 1.33. The average molecular weight is 1710 g/mol. The van der Waals surface area contributed by atoms with Gasteiger partial charge in [-0.25, -0.2) is 0 Å². The molecule has 2 aliphatic heterocycles. The first-order valence-corrected chi connectivity index (χ1v) is 43.7. The van der Waals surface area contributed by atoms with Crippen LogP contribution in [0.1, 0.15) is 295 Å². The van der Waals surface area contributed by atoms with Gasteiger partial charge < -0.3 is 29.2 Å². The first kappa shape index (κ1) is 90.5. The average Bonchev–Trinajstić information content (AvgIpc) is 0.775. The molecule has 8 aromatic rings. The molecule has 6 aliphatic rings. The molecule has 8 aromatic carbocycles. The highest BCUT2D eigenvalue weighted by Gasteiger charge is 2.46. The minimum absolute atomic E-state index is 0.0337. The number of aldehydes is 1. The van der Waals surface area contributed by atoms with Crippen LogP contribution in [0.25, 0.3) is 43.1 Å². The maximum Gasteiger partial charge on any atom is 0.420 e. The number of carbonyl (C=O) groups is 2. The van der Waals surface area contributed by atoms with E-state index in [1.807, 2.05) is 32.0 Å². The van der Waals surface area contributed by atoms with Gasteiger partial charge in [-0.1, -0.05) is 175 Å². The Morgan fingerprint density at radius 1 is 0.410 bits per heavy atom. The molecule has 2 N–H and O–H groups in total. The second-order valence-corrected chi connectivity index (χ2v) is 34.5. The minimum Gasteiger partial charge on any atom is -0.490 e. The molecule has 2 bridgehead atoms. The smallest absolute Gasteiger partial charge is 0.420 e. The van der Waals surface area contributed by atoms with Crippen molar-refractivity contribution in [3.05, 3.63) is 166 Å². The highest BCUT2D eigenvalue weighted by atomic mass is 79.9. The Kier molecular flexibility index (Phi) is 30.9. The van der Waals surface area contributed by atoms with Crippen molar-refractivity contribution in [1.82, 2.24) is 4.90 Å². The molecule has 5 unspecified atom stereocenters. The highest BCUT2D eigenvalue weighted by Crippen LogP contribution is 2.51. The lowest BCUT2D eigenvalue weighted by Gasteiger charge is -2.51. The number of aliphatic carboxylic acids is 1. The fraction of sp³-hybridized carbons (Fsp3) is 0.558. The van der Waals surface area contributed by atoms with Gasteiger partial charge in [0.2, 0.25) is 0 Å². The summed E-state index contributed by atoms with van der Waals surface area (Å²) in [5.41, 5.74) is 0.195.